The first-order valence-electron chi connectivity index (χ1n) is 4.63. The summed E-state index contributed by atoms with van der Waals surface area (Å²) >= 11 is 0. The lowest BCUT2D eigenvalue weighted by molar-refractivity contribution is -0.121. The number of sulfone groups is 1. The van der Waals surface area contributed by atoms with E-state index in [1.54, 1.807) is 0 Å². The monoisotopic (exact) mass is 242 g/mol. The minimum atomic E-state index is -3.21. The summed E-state index contributed by atoms with van der Waals surface area (Å²) in [7, 11) is -1.72. The van der Waals surface area contributed by atoms with Gasteiger partial charge in [-0.25, -0.2) is 8.42 Å². The van der Waals surface area contributed by atoms with Crippen LogP contribution in [0, 0.1) is 0 Å². The smallest absolute Gasteiger partial charge is 0.241 e. The number of nitrogens with two attached hydrogens (primary N) is 1. The summed E-state index contributed by atoms with van der Waals surface area (Å²) in [6.45, 7) is 0. The highest BCUT2D eigenvalue weighted by Gasteiger charge is 2.14. The standard InChI is InChI=1S/C10H14N2O3S/c1-12-10(13)9(11)7-3-5-8(6-4-7)16(2,14)15/h3-6,9H,11H2,1-2H3,(H,12,13). The predicted octanol–water partition coefficient (Wildman–Crippen LogP) is -0.164. The Morgan fingerprint density at radius 3 is 2.19 bits per heavy atom. The van der Waals surface area contributed by atoms with Crippen molar-refractivity contribution in [3.63, 3.8) is 0 Å². The van der Waals surface area contributed by atoms with Gasteiger partial charge in [0.15, 0.2) is 9.84 Å². The molecule has 0 bridgehead atoms. The minimum absolute atomic E-state index is 0.209. The van der Waals surface area contributed by atoms with Crippen LogP contribution < -0.4 is 11.1 Å². The molecule has 1 rings (SSSR count). The van der Waals surface area contributed by atoms with Gasteiger partial charge in [-0.15, -0.1) is 0 Å². The van der Waals surface area contributed by atoms with Crippen molar-refractivity contribution in [2.45, 2.75) is 10.9 Å². The number of hydrogen-bond acceptors (Lipinski definition) is 4. The number of benzene rings is 1. The number of hydrogen-bond donors (Lipinski definition) is 2. The van der Waals surface area contributed by atoms with Crippen LogP contribution in [0.5, 0.6) is 0 Å². The van der Waals surface area contributed by atoms with E-state index in [-0.39, 0.29) is 10.8 Å². The van der Waals surface area contributed by atoms with Crippen LogP contribution in [-0.2, 0) is 14.6 Å². The number of amides is 1. The zero-order chi connectivity index (χ0) is 12.3. The third-order valence-electron chi connectivity index (χ3n) is 2.20. The van der Waals surface area contributed by atoms with E-state index in [0.29, 0.717) is 5.56 Å². The molecule has 16 heavy (non-hydrogen) atoms. The van der Waals surface area contributed by atoms with E-state index >= 15 is 0 Å². The van der Waals surface area contributed by atoms with Crippen LogP contribution in [0.3, 0.4) is 0 Å². The Morgan fingerprint density at radius 1 is 1.31 bits per heavy atom. The van der Waals surface area contributed by atoms with E-state index in [1.165, 1.54) is 31.3 Å². The summed E-state index contributed by atoms with van der Waals surface area (Å²) in [5.74, 6) is -0.313. The topological polar surface area (TPSA) is 89.3 Å². The molecule has 0 heterocycles. The van der Waals surface area contributed by atoms with Gasteiger partial charge in [0.25, 0.3) is 0 Å². The van der Waals surface area contributed by atoms with Gasteiger partial charge in [0, 0.05) is 13.3 Å². The molecule has 6 heteroatoms. The second-order valence-corrected chi connectivity index (χ2v) is 5.45. The summed E-state index contributed by atoms with van der Waals surface area (Å²) in [6.07, 6.45) is 1.13. The van der Waals surface area contributed by atoms with Crippen LogP contribution in [0.15, 0.2) is 29.2 Å². The van der Waals surface area contributed by atoms with Crippen LogP contribution in [0.4, 0.5) is 0 Å². The van der Waals surface area contributed by atoms with Gasteiger partial charge in [-0.1, -0.05) is 12.1 Å². The van der Waals surface area contributed by atoms with Crippen molar-refractivity contribution in [1.82, 2.24) is 5.32 Å². The maximum Gasteiger partial charge on any atom is 0.241 e. The molecule has 0 fully saturated rings. The number of likely N-dealkylation sites (N-methyl/N-ethyl adjacent to an activating group) is 1. The lowest BCUT2D eigenvalue weighted by atomic mass is 10.1. The van der Waals surface area contributed by atoms with E-state index in [0.717, 1.165) is 6.26 Å². The highest BCUT2D eigenvalue weighted by molar-refractivity contribution is 7.90. The zero-order valence-electron chi connectivity index (χ0n) is 9.10. The minimum Gasteiger partial charge on any atom is -0.358 e. The largest absolute Gasteiger partial charge is 0.358 e. The van der Waals surface area contributed by atoms with Gasteiger partial charge in [-0.3, -0.25) is 4.79 Å². The summed E-state index contributed by atoms with van der Waals surface area (Å²) < 4.78 is 22.4. The number of rotatable bonds is 3. The fraction of sp³-hybridized carbons (Fsp3) is 0.300. The molecule has 0 saturated carbocycles. The van der Waals surface area contributed by atoms with Gasteiger partial charge in [-0.05, 0) is 17.7 Å². The molecule has 1 unspecified atom stereocenters. The Hall–Kier alpha value is -1.40. The molecule has 1 atom stereocenters. The van der Waals surface area contributed by atoms with E-state index in [9.17, 15) is 13.2 Å². The highest BCUT2D eigenvalue weighted by atomic mass is 32.2. The summed E-state index contributed by atoms with van der Waals surface area (Å²) in [6, 6.07) is 5.17. The van der Waals surface area contributed by atoms with Gasteiger partial charge in [0.05, 0.1) is 4.90 Å². The lowest BCUT2D eigenvalue weighted by Crippen LogP contribution is -2.31. The molecule has 0 saturated heterocycles. The molecule has 88 valence electrons. The second kappa shape index (κ2) is 4.63. The van der Waals surface area contributed by atoms with Crippen molar-refractivity contribution in [3.8, 4) is 0 Å². The molecule has 0 aliphatic rings. The molecule has 0 aliphatic carbocycles. The summed E-state index contributed by atoms with van der Waals surface area (Å²) in [5, 5.41) is 2.43. The molecule has 1 amide bonds. The Labute approximate surface area is 94.6 Å². The second-order valence-electron chi connectivity index (χ2n) is 3.43. The average Bonchev–Trinajstić information content (AvgIpc) is 2.26. The zero-order valence-corrected chi connectivity index (χ0v) is 9.91. The van der Waals surface area contributed by atoms with Gasteiger partial charge < -0.3 is 11.1 Å². The molecule has 1 aromatic carbocycles. The quantitative estimate of drug-likeness (QED) is 0.770. The van der Waals surface area contributed by atoms with Crippen LogP contribution >= 0.6 is 0 Å². The number of carbonyl (C=O) groups is 1. The number of nitrogens with one attached hydrogen (secondary N) is 1. The van der Waals surface area contributed by atoms with Crippen molar-refractivity contribution in [2.24, 2.45) is 5.73 Å². The van der Waals surface area contributed by atoms with Gasteiger partial charge in [0.2, 0.25) is 5.91 Å². The van der Waals surface area contributed by atoms with Crippen molar-refractivity contribution in [2.75, 3.05) is 13.3 Å². The lowest BCUT2D eigenvalue weighted by Gasteiger charge is -2.10. The van der Waals surface area contributed by atoms with E-state index < -0.39 is 15.9 Å². The van der Waals surface area contributed by atoms with E-state index in [4.69, 9.17) is 5.73 Å². The third kappa shape index (κ3) is 2.80. The normalized spacial score (nSPS) is 13.2. The highest BCUT2D eigenvalue weighted by Crippen LogP contribution is 2.14. The van der Waals surface area contributed by atoms with Gasteiger partial charge >= 0.3 is 0 Å². The first-order chi connectivity index (χ1) is 7.36. The SMILES string of the molecule is CNC(=O)C(N)c1ccc(S(C)(=O)=O)cc1. The Kier molecular flexibility index (Phi) is 3.66. The molecule has 1 aromatic rings. The molecule has 3 N–H and O–H groups in total. The van der Waals surface area contributed by atoms with Crippen molar-refractivity contribution in [1.29, 1.82) is 0 Å². The predicted molar refractivity (Wildman–Crippen MR) is 60.5 cm³/mol. The molecular weight excluding hydrogens is 228 g/mol. The van der Waals surface area contributed by atoms with Crippen LogP contribution in [0.25, 0.3) is 0 Å². The maximum atomic E-state index is 11.2. The fourth-order valence-electron chi connectivity index (χ4n) is 1.23. The van der Waals surface area contributed by atoms with E-state index in [2.05, 4.69) is 5.32 Å². The van der Waals surface area contributed by atoms with Gasteiger partial charge in [-0.2, -0.15) is 0 Å². The first kappa shape index (κ1) is 12.7. The fourth-order valence-corrected chi connectivity index (χ4v) is 1.86. The third-order valence-corrected chi connectivity index (χ3v) is 3.32. The van der Waals surface area contributed by atoms with E-state index in [1.807, 2.05) is 0 Å². The average molecular weight is 242 g/mol. The molecule has 0 spiro atoms. The molecule has 0 radical (unpaired) electrons. The summed E-state index contributed by atoms with van der Waals surface area (Å²) in [4.78, 5) is 11.4. The molecule has 0 aromatic heterocycles. The van der Waals surface area contributed by atoms with Crippen molar-refractivity contribution >= 4 is 15.7 Å². The maximum absolute atomic E-state index is 11.2. The van der Waals surface area contributed by atoms with Crippen molar-refractivity contribution < 1.29 is 13.2 Å². The van der Waals surface area contributed by atoms with Crippen molar-refractivity contribution in [3.05, 3.63) is 29.8 Å². The van der Waals surface area contributed by atoms with Crippen LogP contribution in [-0.4, -0.2) is 27.6 Å². The van der Waals surface area contributed by atoms with Crippen LogP contribution in [0.2, 0.25) is 0 Å². The van der Waals surface area contributed by atoms with Gasteiger partial charge in [0.1, 0.15) is 6.04 Å². The molecule has 5 nitrogen and oxygen atoms in total. The van der Waals surface area contributed by atoms with Crippen LogP contribution in [0.1, 0.15) is 11.6 Å². The Balaban J connectivity index is 3.00. The molecular formula is C10H14N2O3S. The summed E-state index contributed by atoms with van der Waals surface area (Å²) in [5.41, 5.74) is 6.22. The Bertz CT molecular complexity index is 479. The molecule has 0 aliphatic heterocycles. The first-order valence-corrected chi connectivity index (χ1v) is 6.52. The number of carbonyl (C=O) groups excluding carboxylic acids is 1. The Morgan fingerprint density at radius 2 is 1.81 bits per heavy atom.